The van der Waals surface area contributed by atoms with Gasteiger partial charge in [-0.15, -0.1) is 0 Å². The highest BCUT2D eigenvalue weighted by atomic mass is 16.5. The van der Waals surface area contributed by atoms with Crippen LogP contribution in [0.5, 0.6) is 11.5 Å². The summed E-state index contributed by atoms with van der Waals surface area (Å²) in [6.45, 7) is 2.39. The van der Waals surface area contributed by atoms with E-state index in [9.17, 15) is 14.7 Å². The third kappa shape index (κ3) is 4.14. The Morgan fingerprint density at radius 2 is 2.07 bits per heavy atom. The van der Waals surface area contributed by atoms with Gasteiger partial charge in [0.05, 0.1) is 19.2 Å². The van der Waals surface area contributed by atoms with E-state index in [0.717, 1.165) is 12.1 Å². The lowest BCUT2D eigenvalue weighted by molar-refractivity contribution is -0.126. The van der Waals surface area contributed by atoms with Crippen molar-refractivity contribution in [2.75, 3.05) is 18.6 Å². The van der Waals surface area contributed by atoms with Crippen LogP contribution in [0.2, 0.25) is 0 Å². The standard InChI is InChI=1S/C21H23N3O4/c1-3-14-7-9-17(10-8-14)24-13-16(11-19(24)25)21(27)23-22-12-15-5-4-6-18(28-2)20(15)26/h4-10,12,16,26H,3,11,13H2,1-2H3,(H,23,27)/b22-12+/t16-/m0/s1. The predicted octanol–water partition coefficient (Wildman–Crippen LogP) is 2.47. The van der Waals surface area contributed by atoms with Gasteiger partial charge in [0.15, 0.2) is 11.5 Å². The first-order valence-corrected chi connectivity index (χ1v) is 9.11. The summed E-state index contributed by atoms with van der Waals surface area (Å²) >= 11 is 0. The van der Waals surface area contributed by atoms with Crippen LogP contribution in [0.1, 0.15) is 24.5 Å². The zero-order valence-electron chi connectivity index (χ0n) is 15.9. The van der Waals surface area contributed by atoms with Crippen LogP contribution < -0.4 is 15.1 Å². The van der Waals surface area contributed by atoms with Gasteiger partial charge in [0.25, 0.3) is 0 Å². The number of amides is 2. The van der Waals surface area contributed by atoms with Crippen molar-refractivity contribution in [3.63, 3.8) is 0 Å². The molecule has 1 heterocycles. The molecule has 1 fully saturated rings. The van der Waals surface area contributed by atoms with Crippen LogP contribution in [0.25, 0.3) is 0 Å². The number of phenolic OH excluding ortho intramolecular Hbond substituents is 1. The number of hydrogen-bond donors (Lipinski definition) is 2. The molecule has 1 saturated heterocycles. The van der Waals surface area contributed by atoms with Crippen LogP contribution >= 0.6 is 0 Å². The van der Waals surface area contributed by atoms with Crippen molar-refractivity contribution in [2.24, 2.45) is 11.0 Å². The minimum atomic E-state index is -0.477. The molecule has 1 aliphatic rings. The molecular formula is C21H23N3O4. The summed E-state index contributed by atoms with van der Waals surface area (Å²) in [6.07, 6.45) is 2.41. The fourth-order valence-corrected chi connectivity index (χ4v) is 3.11. The van der Waals surface area contributed by atoms with Crippen LogP contribution in [-0.2, 0) is 16.0 Å². The van der Waals surface area contributed by atoms with Crippen molar-refractivity contribution < 1.29 is 19.4 Å². The number of para-hydroxylation sites is 1. The van der Waals surface area contributed by atoms with Crippen LogP contribution in [0.15, 0.2) is 47.6 Å². The number of benzene rings is 2. The molecule has 0 radical (unpaired) electrons. The Morgan fingerprint density at radius 3 is 2.75 bits per heavy atom. The van der Waals surface area contributed by atoms with Crippen LogP contribution in [0, 0.1) is 5.92 Å². The maximum Gasteiger partial charge on any atom is 0.245 e. The quantitative estimate of drug-likeness (QED) is 0.594. The number of methoxy groups -OCH3 is 1. The lowest BCUT2D eigenvalue weighted by Crippen LogP contribution is -2.30. The molecular weight excluding hydrogens is 358 g/mol. The second-order valence-electron chi connectivity index (χ2n) is 6.56. The molecule has 146 valence electrons. The number of ether oxygens (including phenoxy) is 1. The molecule has 28 heavy (non-hydrogen) atoms. The van der Waals surface area contributed by atoms with E-state index in [2.05, 4.69) is 17.5 Å². The number of nitrogens with zero attached hydrogens (tertiary/aromatic N) is 2. The largest absolute Gasteiger partial charge is 0.504 e. The fourth-order valence-electron chi connectivity index (χ4n) is 3.11. The minimum Gasteiger partial charge on any atom is -0.504 e. The molecule has 0 aromatic heterocycles. The number of aromatic hydroxyl groups is 1. The summed E-state index contributed by atoms with van der Waals surface area (Å²) in [5, 5.41) is 13.9. The maximum atomic E-state index is 12.4. The summed E-state index contributed by atoms with van der Waals surface area (Å²) in [6, 6.07) is 12.8. The summed E-state index contributed by atoms with van der Waals surface area (Å²) in [7, 11) is 1.45. The van der Waals surface area contributed by atoms with Gasteiger partial charge in [-0.2, -0.15) is 5.10 Å². The van der Waals surface area contributed by atoms with Crippen LogP contribution in [0.3, 0.4) is 0 Å². The molecule has 7 heteroatoms. The minimum absolute atomic E-state index is 0.0549. The smallest absolute Gasteiger partial charge is 0.245 e. The van der Waals surface area contributed by atoms with Crippen molar-refractivity contribution in [3.05, 3.63) is 53.6 Å². The normalized spacial score (nSPS) is 16.6. The molecule has 2 aromatic carbocycles. The first kappa shape index (κ1) is 19.4. The molecule has 1 atom stereocenters. The van der Waals surface area contributed by atoms with Crippen molar-refractivity contribution in [1.29, 1.82) is 0 Å². The number of hydrogen-bond acceptors (Lipinski definition) is 5. The zero-order valence-corrected chi connectivity index (χ0v) is 15.9. The Morgan fingerprint density at radius 1 is 1.32 bits per heavy atom. The van der Waals surface area contributed by atoms with E-state index in [1.165, 1.54) is 18.9 Å². The number of carbonyl (C=O) groups is 2. The molecule has 1 aliphatic heterocycles. The average molecular weight is 381 g/mol. The van der Waals surface area contributed by atoms with E-state index >= 15 is 0 Å². The van der Waals surface area contributed by atoms with Gasteiger partial charge in [-0.1, -0.05) is 25.1 Å². The average Bonchev–Trinajstić information content (AvgIpc) is 3.11. The van der Waals surface area contributed by atoms with Crippen molar-refractivity contribution in [1.82, 2.24) is 5.43 Å². The maximum absolute atomic E-state index is 12.4. The molecule has 2 aromatic rings. The molecule has 7 nitrogen and oxygen atoms in total. The number of aryl methyl sites for hydroxylation is 1. The van der Waals surface area contributed by atoms with Gasteiger partial charge in [0.1, 0.15) is 0 Å². The Kier molecular flexibility index (Phi) is 5.93. The zero-order chi connectivity index (χ0) is 20.1. The van der Waals surface area contributed by atoms with Crippen LogP contribution in [-0.4, -0.2) is 36.8 Å². The van der Waals surface area contributed by atoms with E-state index in [1.807, 2.05) is 24.3 Å². The highest BCUT2D eigenvalue weighted by Crippen LogP contribution is 2.28. The lowest BCUT2D eigenvalue weighted by atomic mass is 10.1. The number of anilines is 1. The van der Waals surface area contributed by atoms with Gasteiger partial charge in [-0.25, -0.2) is 5.43 Å². The summed E-state index contributed by atoms with van der Waals surface area (Å²) in [5.74, 6) is -0.630. The predicted molar refractivity (Wildman–Crippen MR) is 107 cm³/mol. The van der Waals surface area contributed by atoms with Gasteiger partial charge < -0.3 is 14.7 Å². The number of rotatable bonds is 6. The SMILES string of the molecule is CCc1ccc(N2C[C@@H](C(=O)N/N=C/c3cccc(OC)c3O)CC2=O)cc1. The van der Waals surface area contributed by atoms with Gasteiger partial charge >= 0.3 is 0 Å². The highest BCUT2D eigenvalue weighted by molar-refractivity contribution is 6.00. The van der Waals surface area contributed by atoms with E-state index in [4.69, 9.17) is 4.74 Å². The monoisotopic (exact) mass is 381 g/mol. The van der Waals surface area contributed by atoms with Crippen molar-refractivity contribution in [3.8, 4) is 11.5 Å². The van der Waals surface area contributed by atoms with E-state index in [1.54, 1.807) is 23.1 Å². The number of nitrogens with one attached hydrogen (secondary N) is 1. The van der Waals surface area contributed by atoms with E-state index in [-0.39, 0.29) is 24.0 Å². The molecule has 3 rings (SSSR count). The Hall–Kier alpha value is -3.35. The molecule has 0 unspecified atom stereocenters. The van der Waals surface area contributed by atoms with Gasteiger partial charge in [-0.05, 0) is 36.2 Å². The molecule has 0 spiro atoms. The molecule has 0 aliphatic carbocycles. The lowest BCUT2D eigenvalue weighted by Gasteiger charge is -2.16. The highest BCUT2D eigenvalue weighted by Gasteiger charge is 2.35. The van der Waals surface area contributed by atoms with Crippen LogP contribution in [0.4, 0.5) is 5.69 Å². The Bertz CT molecular complexity index is 893. The number of phenols is 1. The first-order chi connectivity index (χ1) is 13.5. The van der Waals surface area contributed by atoms with Gasteiger partial charge in [-0.3, -0.25) is 9.59 Å². The molecule has 0 saturated carbocycles. The molecule has 0 bridgehead atoms. The second kappa shape index (κ2) is 8.56. The molecule has 2 N–H and O–H groups in total. The first-order valence-electron chi connectivity index (χ1n) is 9.11. The Balaban J connectivity index is 1.61. The van der Waals surface area contributed by atoms with Gasteiger partial charge in [0.2, 0.25) is 11.8 Å². The van der Waals surface area contributed by atoms with Gasteiger partial charge in [0, 0.05) is 24.2 Å². The second-order valence-corrected chi connectivity index (χ2v) is 6.56. The summed E-state index contributed by atoms with van der Waals surface area (Å²) in [5.41, 5.74) is 4.85. The number of carbonyl (C=O) groups excluding carboxylic acids is 2. The Labute approximate surface area is 163 Å². The van der Waals surface area contributed by atoms with E-state index < -0.39 is 5.92 Å². The molecule has 2 amide bonds. The summed E-state index contributed by atoms with van der Waals surface area (Å²) in [4.78, 5) is 26.3. The van der Waals surface area contributed by atoms with Crippen molar-refractivity contribution in [2.45, 2.75) is 19.8 Å². The topological polar surface area (TPSA) is 91.2 Å². The van der Waals surface area contributed by atoms with Crippen molar-refractivity contribution >= 4 is 23.7 Å². The fraction of sp³-hybridized carbons (Fsp3) is 0.286. The third-order valence-corrected chi connectivity index (χ3v) is 4.78. The van der Waals surface area contributed by atoms with E-state index in [0.29, 0.717) is 17.9 Å². The number of hydrazone groups is 1. The summed E-state index contributed by atoms with van der Waals surface area (Å²) < 4.78 is 5.03. The third-order valence-electron chi connectivity index (χ3n) is 4.78.